The maximum absolute atomic E-state index is 12.6. The third-order valence-corrected chi connectivity index (χ3v) is 7.00. The molecule has 0 unspecified atom stereocenters. The van der Waals surface area contributed by atoms with Gasteiger partial charge in [-0.05, 0) is 37.6 Å². The molecule has 1 aliphatic rings. The molecule has 2 aromatic heterocycles. The van der Waals surface area contributed by atoms with E-state index in [1.165, 1.54) is 43.4 Å². The average Bonchev–Trinajstić information content (AvgIpc) is 3.28. The number of nitrogens with one attached hydrogen (secondary N) is 1. The summed E-state index contributed by atoms with van der Waals surface area (Å²) in [5.41, 5.74) is 1.38. The monoisotopic (exact) mass is 405 g/mol. The van der Waals surface area contributed by atoms with Gasteiger partial charge in [-0.3, -0.25) is 4.79 Å². The molecular formula is C21H27NO3S2. The first-order valence-electron chi connectivity index (χ1n) is 9.74. The Hall–Kier alpha value is -1.66. The van der Waals surface area contributed by atoms with Crippen LogP contribution in [0.25, 0.3) is 10.4 Å². The van der Waals surface area contributed by atoms with Crippen LogP contribution < -0.4 is 5.32 Å². The molecule has 1 saturated carbocycles. The molecule has 0 aliphatic heterocycles. The third kappa shape index (κ3) is 4.99. The number of rotatable bonds is 7. The van der Waals surface area contributed by atoms with Gasteiger partial charge < -0.3 is 10.1 Å². The minimum absolute atomic E-state index is 0.00917. The smallest absolute Gasteiger partial charge is 0.341 e. The number of anilines is 1. The van der Waals surface area contributed by atoms with E-state index >= 15 is 0 Å². The predicted molar refractivity (Wildman–Crippen MR) is 113 cm³/mol. The fourth-order valence-electron chi connectivity index (χ4n) is 3.75. The van der Waals surface area contributed by atoms with Crippen LogP contribution in [0.4, 0.5) is 5.00 Å². The van der Waals surface area contributed by atoms with E-state index in [2.05, 4.69) is 5.32 Å². The molecule has 0 radical (unpaired) electrons. The molecule has 2 heterocycles. The summed E-state index contributed by atoms with van der Waals surface area (Å²) in [6.45, 7) is 4.09. The minimum Gasteiger partial charge on any atom is -0.462 e. The third-order valence-electron chi connectivity index (χ3n) is 5.09. The van der Waals surface area contributed by atoms with Crippen LogP contribution in [0, 0.1) is 12.8 Å². The summed E-state index contributed by atoms with van der Waals surface area (Å²) in [6.07, 6.45) is 7.82. The van der Waals surface area contributed by atoms with Crippen LogP contribution in [0.15, 0.2) is 17.5 Å². The van der Waals surface area contributed by atoms with Gasteiger partial charge in [0.1, 0.15) is 10.6 Å². The number of hydrogen-bond donors (Lipinski definition) is 1. The quantitative estimate of drug-likeness (QED) is 0.553. The number of hydrogen-bond acceptors (Lipinski definition) is 5. The summed E-state index contributed by atoms with van der Waals surface area (Å²) in [5, 5.41) is 5.60. The van der Waals surface area contributed by atoms with Crippen LogP contribution in [0.1, 0.15) is 67.1 Å². The second-order valence-electron chi connectivity index (χ2n) is 7.03. The summed E-state index contributed by atoms with van der Waals surface area (Å²) in [7, 11) is 0. The largest absolute Gasteiger partial charge is 0.462 e. The molecule has 27 heavy (non-hydrogen) atoms. The van der Waals surface area contributed by atoms with E-state index in [0.29, 0.717) is 29.5 Å². The number of carbonyl (C=O) groups excluding carboxylic acids is 2. The second kappa shape index (κ2) is 9.51. The molecule has 1 amide bonds. The number of thiophene rings is 2. The van der Waals surface area contributed by atoms with Crippen molar-refractivity contribution in [1.29, 1.82) is 0 Å². The van der Waals surface area contributed by atoms with Gasteiger partial charge >= 0.3 is 5.97 Å². The Bertz CT molecular complexity index is 774. The zero-order valence-electron chi connectivity index (χ0n) is 16.0. The molecule has 0 aromatic carbocycles. The van der Waals surface area contributed by atoms with Crippen molar-refractivity contribution in [2.75, 3.05) is 11.9 Å². The molecule has 146 valence electrons. The second-order valence-corrected chi connectivity index (χ2v) is 9.20. The minimum atomic E-state index is -0.368. The Morgan fingerprint density at radius 2 is 2.04 bits per heavy atom. The molecule has 4 nitrogen and oxygen atoms in total. The van der Waals surface area contributed by atoms with Gasteiger partial charge in [0.05, 0.1) is 6.61 Å². The lowest BCUT2D eigenvalue weighted by Gasteiger charge is -2.20. The van der Waals surface area contributed by atoms with Crippen LogP contribution >= 0.6 is 22.7 Å². The highest BCUT2D eigenvalue weighted by atomic mass is 32.1. The number of amides is 1. The highest BCUT2D eigenvalue weighted by molar-refractivity contribution is 7.18. The van der Waals surface area contributed by atoms with Crippen molar-refractivity contribution in [2.45, 2.75) is 58.8 Å². The molecule has 0 bridgehead atoms. The topological polar surface area (TPSA) is 55.4 Å². The molecule has 1 aliphatic carbocycles. The van der Waals surface area contributed by atoms with Crippen LogP contribution in [0.5, 0.6) is 0 Å². The average molecular weight is 406 g/mol. The van der Waals surface area contributed by atoms with Gasteiger partial charge in [-0.2, -0.15) is 0 Å². The molecule has 0 atom stereocenters. The van der Waals surface area contributed by atoms with Gasteiger partial charge in [0, 0.05) is 21.7 Å². The van der Waals surface area contributed by atoms with Crippen LogP contribution in [0.3, 0.4) is 0 Å². The first-order chi connectivity index (χ1) is 13.1. The van der Waals surface area contributed by atoms with Gasteiger partial charge in [-0.1, -0.05) is 38.2 Å². The van der Waals surface area contributed by atoms with E-state index < -0.39 is 0 Å². The van der Waals surface area contributed by atoms with Crippen LogP contribution in [-0.4, -0.2) is 18.5 Å². The Balaban J connectivity index is 1.76. The maximum atomic E-state index is 12.6. The normalized spacial score (nSPS) is 14.9. The number of carbonyl (C=O) groups is 2. The predicted octanol–water partition coefficient (Wildman–Crippen LogP) is 6.26. The van der Waals surface area contributed by atoms with E-state index in [4.69, 9.17) is 4.74 Å². The standard InChI is InChI=1S/C21H27NO3S2/c1-3-25-21(24)19-18(16-10-7-13-26-16)14(2)27-20(19)22-17(23)12-11-15-8-5-4-6-9-15/h7,10,13,15H,3-6,8-9,11-12H2,1-2H3,(H,22,23). The van der Waals surface area contributed by atoms with Gasteiger partial charge in [-0.15, -0.1) is 22.7 Å². The van der Waals surface area contributed by atoms with Crippen molar-refractivity contribution < 1.29 is 14.3 Å². The van der Waals surface area contributed by atoms with Crippen molar-refractivity contribution in [3.05, 3.63) is 28.0 Å². The van der Waals surface area contributed by atoms with Crippen molar-refractivity contribution in [2.24, 2.45) is 5.92 Å². The molecule has 1 fully saturated rings. The van der Waals surface area contributed by atoms with E-state index in [9.17, 15) is 9.59 Å². The fraction of sp³-hybridized carbons (Fsp3) is 0.524. The summed E-state index contributed by atoms with van der Waals surface area (Å²) in [5.74, 6) is 0.290. The molecule has 6 heteroatoms. The summed E-state index contributed by atoms with van der Waals surface area (Å²) in [4.78, 5) is 27.2. The van der Waals surface area contributed by atoms with Gasteiger partial charge in [0.25, 0.3) is 0 Å². The van der Waals surface area contributed by atoms with Crippen molar-refractivity contribution in [3.63, 3.8) is 0 Å². The zero-order chi connectivity index (χ0) is 19.2. The Kier molecular flexibility index (Phi) is 7.07. The van der Waals surface area contributed by atoms with E-state index in [1.807, 2.05) is 24.4 Å². The van der Waals surface area contributed by atoms with Gasteiger partial charge in [-0.25, -0.2) is 4.79 Å². The Morgan fingerprint density at radius 3 is 2.70 bits per heavy atom. The number of ether oxygens (including phenoxy) is 1. The molecule has 1 N–H and O–H groups in total. The van der Waals surface area contributed by atoms with Gasteiger partial charge in [0.2, 0.25) is 5.91 Å². The molecular weight excluding hydrogens is 378 g/mol. The summed E-state index contributed by atoms with van der Waals surface area (Å²) < 4.78 is 5.28. The Labute approximate surface area is 168 Å². The summed E-state index contributed by atoms with van der Waals surface area (Å²) in [6, 6.07) is 3.96. The molecule has 0 spiro atoms. The van der Waals surface area contributed by atoms with Crippen molar-refractivity contribution in [3.8, 4) is 10.4 Å². The highest BCUT2D eigenvalue weighted by Crippen LogP contribution is 2.42. The fourth-order valence-corrected chi connectivity index (χ4v) is 5.72. The first kappa shape index (κ1) is 20.1. The lowest BCUT2D eigenvalue weighted by molar-refractivity contribution is -0.116. The van der Waals surface area contributed by atoms with Crippen molar-refractivity contribution in [1.82, 2.24) is 0 Å². The van der Waals surface area contributed by atoms with Crippen molar-refractivity contribution >= 4 is 39.6 Å². The van der Waals surface area contributed by atoms with E-state index in [0.717, 1.165) is 21.7 Å². The molecule has 0 saturated heterocycles. The number of esters is 1. The van der Waals surface area contributed by atoms with Crippen LogP contribution in [-0.2, 0) is 9.53 Å². The lowest BCUT2D eigenvalue weighted by Crippen LogP contribution is -2.16. The van der Waals surface area contributed by atoms with E-state index in [1.54, 1.807) is 18.3 Å². The van der Waals surface area contributed by atoms with E-state index in [-0.39, 0.29) is 11.9 Å². The zero-order valence-corrected chi connectivity index (χ0v) is 17.6. The molecule has 2 aromatic rings. The summed E-state index contributed by atoms with van der Waals surface area (Å²) >= 11 is 3.04. The molecule has 3 rings (SSSR count). The Morgan fingerprint density at radius 1 is 1.26 bits per heavy atom. The maximum Gasteiger partial charge on any atom is 0.341 e. The van der Waals surface area contributed by atoms with Crippen LogP contribution in [0.2, 0.25) is 0 Å². The van der Waals surface area contributed by atoms with Gasteiger partial charge in [0.15, 0.2) is 0 Å². The SMILES string of the molecule is CCOC(=O)c1c(NC(=O)CCC2CCCCC2)sc(C)c1-c1cccs1. The first-order valence-corrected chi connectivity index (χ1v) is 11.4. The number of aryl methyl sites for hydroxylation is 1. The highest BCUT2D eigenvalue weighted by Gasteiger charge is 2.26. The lowest BCUT2D eigenvalue weighted by atomic mass is 9.86.